The quantitative estimate of drug-likeness (QED) is 0.372. The first-order valence-corrected chi connectivity index (χ1v) is 12.6. The minimum Gasteiger partial charge on any atom is -0.460 e. The molecule has 0 saturated heterocycles. The molecule has 34 heavy (non-hydrogen) atoms. The molecule has 0 spiro atoms. The van der Waals surface area contributed by atoms with Gasteiger partial charge in [-0.15, -0.1) is 0 Å². The van der Waals surface area contributed by atoms with Crippen LogP contribution in [0.2, 0.25) is 0 Å². The second kappa shape index (κ2) is 9.39. The second-order valence-corrected chi connectivity index (χ2v) is 9.86. The van der Waals surface area contributed by atoms with E-state index in [0.717, 1.165) is 36.6 Å². The predicted octanol–water partition coefficient (Wildman–Crippen LogP) is 4.78. The normalized spacial score (nSPS) is 19.2. The van der Waals surface area contributed by atoms with Gasteiger partial charge in [-0.3, -0.25) is 0 Å². The van der Waals surface area contributed by atoms with Crippen LogP contribution in [-0.2, 0) is 15.7 Å². The summed E-state index contributed by atoms with van der Waals surface area (Å²) < 4.78 is 22.2. The van der Waals surface area contributed by atoms with E-state index in [2.05, 4.69) is 16.0 Å². The van der Waals surface area contributed by atoms with Crippen LogP contribution in [0.3, 0.4) is 0 Å². The number of nitriles is 1. The Bertz CT molecular complexity index is 1410. The van der Waals surface area contributed by atoms with Gasteiger partial charge >= 0.3 is 5.97 Å². The Labute approximate surface area is 199 Å². The maximum Gasteiger partial charge on any atom is 0.374 e. The molecule has 1 atom stereocenters. The van der Waals surface area contributed by atoms with Gasteiger partial charge in [0.1, 0.15) is 5.52 Å². The van der Waals surface area contributed by atoms with Gasteiger partial charge in [0.05, 0.1) is 29.3 Å². The third-order valence-corrected chi connectivity index (χ3v) is 7.80. The number of carbonyl (C=O) groups is 1. The van der Waals surface area contributed by atoms with Crippen LogP contribution in [0.25, 0.3) is 22.1 Å². The Morgan fingerprint density at radius 1 is 1.21 bits per heavy atom. The fourth-order valence-electron chi connectivity index (χ4n) is 4.86. The molecule has 0 aliphatic heterocycles. The third-order valence-electron chi connectivity index (χ3n) is 6.47. The molecule has 8 nitrogen and oxygen atoms in total. The van der Waals surface area contributed by atoms with Gasteiger partial charge in [-0.05, 0) is 56.7 Å². The van der Waals surface area contributed by atoms with E-state index in [-0.39, 0.29) is 18.5 Å². The Morgan fingerprint density at radius 3 is 2.68 bits per heavy atom. The molecular weight excluding hydrogens is 450 g/mol. The summed E-state index contributed by atoms with van der Waals surface area (Å²) in [6, 6.07) is 13.5. The van der Waals surface area contributed by atoms with Crippen molar-refractivity contribution in [3.05, 3.63) is 54.6 Å². The number of rotatable bonds is 6. The maximum atomic E-state index is 13.3. The first-order valence-electron chi connectivity index (χ1n) is 11.5. The van der Waals surface area contributed by atoms with E-state index in [0.29, 0.717) is 28.4 Å². The van der Waals surface area contributed by atoms with Gasteiger partial charge in [0.25, 0.3) is 0 Å². The zero-order chi connectivity index (χ0) is 23.7. The lowest BCUT2D eigenvalue weighted by Crippen LogP contribution is -2.22. The Hall–Kier alpha value is -3.51. The smallest absolute Gasteiger partial charge is 0.374 e. The molecule has 1 aromatic carbocycles. The highest BCUT2D eigenvalue weighted by Gasteiger charge is 2.30. The summed E-state index contributed by atoms with van der Waals surface area (Å²) in [7, 11) is -1.45. The van der Waals surface area contributed by atoms with E-state index in [1.54, 1.807) is 23.3 Å². The van der Waals surface area contributed by atoms with E-state index in [9.17, 15) is 9.00 Å². The van der Waals surface area contributed by atoms with E-state index in [1.807, 2.05) is 41.0 Å². The van der Waals surface area contributed by atoms with Gasteiger partial charge in [-0.2, -0.15) is 5.26 Å². The maximum absolute atomic E-state index is 13.3. The molecule has 4 aromatic rings. The number of pyridine rings is 1. The van der Waals surface area contributed by atoms with Gasteiger partial charge in [-0.1, -0.05) is 18.2 Å². The van der Waals surface area contributed by atoms with E-state index in [4.69, 9.17) is 10.00 Å². The predicted molar refractivity (Wildman–Crippen MR) is 128 cm³/mol. The van der Waals surface area contributed by atoms with Gasteiger partial charge < -0.3 is 9.30 Å². The number of esters is 1. The van der Waals surface area contributed by atoms with Crippen LogP contribution in [-0.4, -0.2) is 35.3 Å². The summed E-state index contributed by atoms with van der Waals surface area (Å²) in [4.78, 5) is 22.7. The fraction of sp³-hybridized carbons (Fsp3) is 0.360. The highest BCUT2D eigenvalue weighted by molar-refractivity contribution is 7.83. The number of fused-ring (bicyclic) bond motifs is 3. The molecule has 174 valence electrons. The first-order chi connectivity index (χ1) is 16.6. The summed E-state index contributed by atoms with van der Waals surface area (Å²) >= 11 is 0. The number of hydrogen-bond acceptors (Lipinski definition) is 6. The number of benzene rings is 1. The summed E-state index contributed by atoms with van der Waals surface area (Å²) in [5, 5.41) is 9.87. The highest BCUT2D eigenvalue weighted by Crippen LogP contribution is 2.38. The molecule has 1 saturated carbocycles. The van der Waals surface area contributed by atoms with Gasteiger partial charge in [0.15, 0.2) is 16.6 Å². The number of carbonyl (C=O) groups excluding carboxylic acids is 1. The monoisotopic (exact) mass is 475 g/mol. The zero-order valence-electron chi connectivity index (χ0n) is 18.9. The van der Waals surface area contributed by atoms with Crippen molar-refractivity contribution in [3.63, 3.8) is 0 Å². The van der Waals surface area contributed by atoms with Gasteiger partial charge in [-0.25, -0.2) is 22.9 Å². The second-order valence-electron chi connectivity index (χ2n) is 8.50. The lowest BCUT2D eigenvalue weighted by Gasteiger charge is -2.29. The fourth-order valence-corrected chi connectivity index (χ4v) is 5.95. The summed E-state index contributed by atoms with van der Waals surface area (Å²) in [6.45, 7) is 2.04. The van der Waals surface area contributed by atoms with Crippen molar-refractivity contribution in [1.29, 1.82) is 5.26 Å². The van der Waals surface area contributed by atoms with Crippen molar-refractivity contribution in [1.82, 2.24) is 18.5 Å². The summed E-state index contributed by atoms with van der Waals surface area (Å²) in [5.74, 6) is 0.197. The number of imidazole rings is 1. The van der Waals surface area contributed by atoms with Gasteiger partial charge in [0, 0.05) is 24.0 Å². The number of ether oxygens (including phenoxy) is 1. The van der Waals surface area contributed by atoms with Crippen molar-refractivity contribution < 1.29 is 13.7 Å². The molecule has 9 heteroatoms. The average Bonchev–Trinajstić information content (AvgIpc) is 3.47. The van der Waals surface area contributed by atoms with E-state index >= 15 is 0 Å². The molecule has 1 aliphatic carbocycles. The molecule has 1 aliphatic rings. The van der Waals surface area contributed by atoms with Crippen molar-refractivity contribution in [2.45, 2.75) is 50.0 Å². The lowest BCUT2D eigenvalue weighted by molar-refractivity contribution is 0.0502. The minimum absolute atomic E-state index is 0.0629. The Kier molecular flexibility index (Phi) is 6.16. The van der Waals surface area contributed by atoms with Crippen LogP contribution < -0.4 is 0 Å². The third kappa shape index (κ3) is 3.88. The first kappa shape index (κ1) is 22.3. The molecule has 0 N–H and O–H groups in total. The molecule has 3 aromatic heterocycles. The SMILES string of the molecule is CCOC(=O)c1nc2cnc3c(ccn3S(=O)c3ccccc3)c2n1C1CCC(CC#N)CC1. The highest BCUT2D eigenvalue weighted by atomic mass is 32.2. The molecule has 5 rings (SSSR count). The largest absolute Gasteiger partial charge is 0.460 e. The molecular formula is C25H25N5O3S. The molecule has 0 bridgehead atoms. The van der Waals surface area contributed by atoms with Crippen LogP contribution in [0, 0.1) is 17.2 Å². The summed E-state index contributed by atoms with van der Waals surface area (Å²) in [6.07, 6.45) is 7.52. The topological polar surface area (TPSA) is 103 Å². The lowest BCUT2D eigenvalue weighted by atomic mass is 9.84. The molecule has 1 unspecified atom stereocenters. The van der Waals surface area contributed by atoms with Crippen molar-refractivity contribution in [3.8, 4) is 6.07 Å². The van der Waals surface area contributed by atoms with Crippen LogP contribution in [0.15, 0.2) is 53.7 Å². The Balaban J connectivity index is 1.64. The molecule has 0 radical (unpaired) electrons. The number of aromatic nitrogens is 4. The molecule has 0 amide bonds. The van der Waals surface area contributed by atoms with Crippen molar-refractivity contribution >= 4 is 39.0 Å². The average molecular weight is 476 g/mol. The zero-order valence-corrected chi connectivity index (χ0v) is 19.7. The Morgan fingerprint density at radius 2 is 1.97 bits per heavy atom. The molecule has 1 fully saturated rings. The van der Waals surface area contributed by atoms with Gasteiger partial charge in [0.2, 0.25) is 5.82 Å². The van der Waals surface area contributed by atoms with E-state index < -0.39 is 17.0 Å². The van der Waals surface area contributed by atoms with Crippen molar-refractivity contribution in [2.24, 2.45) is 5.92 Å². The summed E-state index contributed by atoms with van der Waals surface area (Å²) in [5.41, 5.74) is 1.99. The van der Waals surface area contributed by atoms with Crippen LogP contribution in [0.1, 0.15) is 55.7 Å². The number of nitrogens with zero attached hydrogens (tertiary/aromatic N) is 5. The minimum atomic E-state index is -1.45. The van der Waals surface area contributed by atoms with Crippen LogP contribution in [0.5, 0.6) is 0 Å². The molecule has 3 heterocycles. The van der Waals surface area contributed by atoms with E-state index in [1.165, 1.54) is 0 Å². The van der Waals surface area contributed by atoms with Crippen molar-refractivity contribution in [2.75, 3.05) is 6.61 Å². The van der Waals surface area contributed by atoms with Crippen LogP contribution >= 0.6 is 0 Å². The van der Waals surface area contributed by atoms with Crippen LogP contribution in [0.4, 0.5) is 0 Å². The number of hydrogen-bond donors (Lipinski definition) is 0. The standard InChI is InChI=1S/C25H25N5O3S/c1-2-33-25(31)24-28-21-16-27-23-20(13-15-29(23)34(32)19-6-4-3-5-7-19)22(21)30(24)18-10-8-17(9-11-18)12-14-26/h3-7,13,15-18H,2,8-12H2,1H3.